The molecular weight excluding hydrogens is 256 g/mol. The maximum atomic E-state index is 9.37. The number of hydrogen-bond donors (Lipinski definition) is 1. The SMILES string of the molecule is CCc1nnc(NCC2COCCO2)c(C#N)c1CC. The third-order valence-electron chi connectivity index (χ3n) is 3.34. The molecule has 1 fully saturated rings. The van der Waals surface area contributed by atoms with Crippen molar-refractivity contribution in [2.75, 3.05) is 31.7 Å². The molecule has 108 valence electrons. The zero-order valence-corrected chi connectivity index (χ0v) is 12.0. The molecule has 0 saturated carbocycles. The molecule has 0 aromatic carbocycles. The first kappa shape index (κ1) is 14.7. The van der Waals surface area contributed by atoms with Crippen LogP contribution in [0.1, 0.15) is 30.7 Å². The standard InChI is InChI=1S/C14H20N4O2/c1-3-11-12(7-15)14(18-17-13(11)4-2)16-8-10-9-19-5-6-20-10/h10H,3-6,8-9H2,1-2H3,(H,16,18). The van der Waals surface area contributed by atoms with Gasteiger partial charge in [-0.15, -0.1) is 5.10 Å². The first-order chi connectivity index (χ1) is 9.80. The highest BCUT2D eigenvalue weighted by atomic mass is 16.6. The van der Waals surface area contributed by atoms with Crippen LogP contribution in [0.5, 0.6) is 0 Å². The molecule has 1 aromatic rings. The molecule has 2 heterocycles. The number of anilines is 1. The lowest BCUT2D eigenvalue weighted by Gasteiger charge is -2.23. The van der Waals surface area contributed by atoms with E-state index in [1.807, 2.05) is 13.8 Å². The maximum Gasteiger partial charge on any atom is 0.167 e. The summed E-state index contributed by atoms with van der Waals surface area (Å²) in [5.74, 6) is 0.538. The van der Waals surface area contributed by atoms with Crippen LogP contribution in [0.2, 0.25) is 0 Å². The molecule has 1 saturated heterocycles. The number of rotatable bonds is 5. The van der Waals surface area contributed by atoms with Crippen LogP contribution in [0, 0.1) is 11.3 Å². The van der Waals surface area contributed by atoms with Crippen molar-refractivity contribution in [3.63, 3.8) is 0 Å². The average Bonchev–Trinajstić information content (AvgIpc) is 2.52. The summed E-state index contributed by atoms with van der Waals surface area (Å²) in [5.41, 5.74) is 2.47. The van der Waals surface area contributed by atoms with E-state index in [-0.39, 0.29) is 6.10 Å². The number of nitriles is 1. The molecule has 0 amide bonds. The van der Waals surface area contributed by atoms with Crippen molar-refractivity contribution in [2.45, 2.75) is 32.8 Å². The van der Waals surface area contributed by atoms with E-state index in [9.17, 15) is 5.26 Å². The highest BCUT2D eigenvalue weighted by Crippen LogP contribution is 2.20. The molecule has 1 N–H and O–H groups in total. The molecule has 1 atom stereocenters. The molecule has 1 aromatic heterocycles. The van der Waals surface area contributed by atoms with Gasteiger partial charge in [-0.25, -0.2) is 0 Å². The first-order valence-corrected chi connectivity index (χ1v) is 7.01. The lowest BCUT2D eigenvalue weighted by molar-refractivity contribution is -0.0819. The van der Waals surface area contributed by atoms with Crippen LogP contribution in [0.15, 0.2) is 0 Å². The van der Waals surface area contributed by atoms with Gasteiger partial charge in [-0.2, -0.15) is 10.4 Å². The molecule has 2 rings (SSSR count). The predicted molar refractivity (Wildman–Crippen MR) is 74.6 cm³/mol. The molecule has 6 heteroatoms. The van der Waals surface area contributed by atoms with Crippen LogP contribution >= 0.6 is 0 Å². The zero-order chi connectivity index (χ0) is 14.4. The summed E-state index contributed by atoms with van der Waals surface area (Å²) in [4.78, 5) is 0. The van der Waals surface area contributed by atoms with Gasteiger partial charge in [-0.3, -0.25) is 0 Å². The van der Waals surface area contributed by atoms with Gasteiger partial charge in [0.25, 0.3) is 0 Å². The molecule has 1 aliphatic rings. The number of aromatic nitrogens is 2. The Morgan fingerprint density at radius 1 is 1.30 bits per heavy atom. The highest BCUT2D eigenvalue weighted by Gasteiger charge is 2.17. The molecule has 1 aliphatic heterocycles. The molecule has 6 nitrogen and oxygen atoms in total. The van der Waals surface area contributed by atoms with Crippen LogP contribution in [0.4, 0.5) is 5.82 Å². The van der Waals surface area contributed by atoms with Crippen molar-refractivity contribution in [2.24, 2.45) is 0 Å². The third kappa shape index (κ3) is 3.24. The highest BCUT2D eigenvalue weighted by molar-refractivity contribution is 5.56. The van der Waals surface area contributed by atoms with Gasteiger partial charge in [-0.1, -0.05) is 13.8 Å². The third-order valence-corrected chi connectivity index (χ3v) is 3.34. The summed E-state index contributed by atoms with van der Waals surface area (Å²) >= 11 is 0. The second-order valence-electron chi connectivity index (χ2n) is 4.62. The van der Waals surface area contributed by atoms with Crippen molar-refractivity contribution < 1.29 is 9.47 Å². The summed E-state index contributed by atoms with van der Waals surface area (Å²) in [5, 5.41) is 20.9. The van der Waals surface area contributed by atoms with Gasteiger partial charge in [0.05, 0.1) is 31.6 Å². The second-order valence-corrected chi connectivity index (χ2v) is 4.62. The minimum atomic E-state index is -0.00646. The Labute approximate surface area is 119 Å². The fourth-order valence-electron chi connectivity index (χ4n) is 2.28. The van der Waals surface area contributed by atoms with E-state index in [0.717, 1.165) is 24.1 Å². The molecule has 20 heavy (non-hydrogen) atoms. The Kier molecular flexibility index (Phi) is 5.27. The Morgan fingerprint density at radius 2 is 2.15 bits per heavy atom. The van der Waals surface area contributed by atoms with Gasteiger partial charge < -0.3 is 14.8 Å². The Bertz CT molecular complexity index is 493. The molecular formula is C14H20N4O2. The van der Waals surface area contributed by atoms with Gasteiger partial charge in [0.1, 0.15) is 11.6 Å². The molecule has 1 unspecified atom stereocenters. The van der Waals surface area contributed by atoms with Gasteiger partial charge >= 0.3 is 0 Å². The number of ether oxygens (including phenoxy) is 2. The smallest absolute Gasteiger partial charge is 0.167 e. The predicted octanol–water partition coefficient (Wildman–Crippen LogP) is 1.30. The average molecular weight is 276 g/mol. The minimum Gasteiger partial charge on any atom is -0.376 e. The van der Waals surface area contributed by atoms with Crippen LogP contribution in [0.3, 0.4) is 0 Å². The molecule has 0 bridgehead atoms. The molecule has 0 spiro atoms. The van der Waals surface area contributed by atoms with E-state index < -0.39 is 0 Å². The summed E-state index contributed by atoms with van der Waals surface area (Å²) in [6.07, 6.45) is 1.55. The Morgan fingerprint density at radius 3 is 2.75 bits per heavy atom. The maximum absolute atomic E-state index is 9.37. The van der Waals surface area contributed by atoms with Crippen molar-refractivity contribution >= 4 is 5.82 Å². The van der Waals surface area contributed by atoms with E-state index in [4.69, 9.17) is 9.47 Å². The fraction of sp³-hybridized carbons (Fsp3) is 0.643. The van der Waals surface area contributed by atoms with E-state index >= 15 is 0 Å². The van der Waals surface area contributed by atoms with Crippen LogP contribution in [0.25, 0.3) is 0 Å². The lowest BCUT2D eigenvalue weighted by atomic mass is 10.0. The van der Waals surface area contributed by atoms with Gasteiger partial charge in [-0.05, 0) is 18.4 Å². The van der Waals surface area contributed by atoms with E-state index in [1.165, 1.54) is 0 Å². The Hall–Kier alpha value is -1.71. The van der Waals surface area contributed by atoms with Crippen molar-refractivity contribution in [3.05, 3.63) is 16.8 Å². The van der Waals surface area contributed by atoms with Crippen LogP contribution < -0.4 is 5.32 Å². The largest absolute Gasteiger partial charge is 0.376 e. The number of hydrogen-bond acceptors (Lipinski definition) is 6. The topological polar surface area (TPSA) is 80.1 Å². The minimum absolute atomic E-state index is 0.00646. The van der Waals surface area contributed by atoms with E-state index in [2.05, 4.69) is 21.6 Å². The van der Waals surface area contributed by atoms with Crippen molar-refractivity contribution in [3.8, 4) is 6.07 Å². The summed E-state index contributed by atoms with van der Waals surface area (Å²) in [6, 6.07) is 2.24. The van der Waals surface area contributed by atoms with Crippen molar-refractivity contribution in [1.82, 2.24) is 10.2 Å². The zero-order valence-electron chi connectivity index (χ0n) is 12.0. The van der Waals surface area contributed by atoms with E-state index in [0.29, 0.717) is 37.7 Å². The fourth-order valence-corrected chi connectivity index (χ4v) is 2.28. The molecule has 0 radical (unpaired) electrons. The van der Waals surface area contributed by atoms with Gasteiger partial charge in [0, 0.05) is 6.54 Å². The van der Waals surface area contributed by atoms with Gasteiger partial charge in [0.2, 0.25) is 0 Å². The monoisotopic (exact) mass is 276 g/mol. The van der Waals surface area contributed by atoms with Crippen LogP contribution in [-0.2, 0) is 22.3 Å². The number of aryl methyl sites for hydroxylation is 1. The van der Waals surface area contributed by atoms with Gasteiger partial charge in [0.15, 0.2) is 5.82 Å². The summed E-state index contributed by atoms with van der Waals surface area (Å²) < 4.78 is 10.9. The van der Waals surface area contributed by atoms with E-state index in [1.54, 1.807) is 0 Å². The number of nitrogens with one attached hydrogen (secondary N) is 1. The van der Waals surface area contributed by atoms with Crippen LogP contribution in [-0.4, -0.2) is 42.7 Å². The Balaban J connectivity index is 2.12. The summed E-state index contributed by atoms with van der Waals surface area (Å²) in [7, 11) is 0. The summed E-state index contributed by atoms with van der Waals surface area (Å²) in [6.45, 7) is 6.43. The first-order valence-electron chi connectivity index (χ1n) is 7.01. The number of nitrogens with zero attached hydrogens (tertiary/aromatic N) is 3. The molecule has 0 aliphatic carbocycles. The lowest BCUT2D eigenvalue weighted by Crippen LogP contribution is -2.34. The second kappa shape index (κ2) is 7.17. The normalized spacial score (nSPS) is 18.6. The van der Waals surface area contributed by atoms with Crippen molar-refractivity contribution in [1.29, 1.82) is 5.26 Å². The quantitative estimate of drug-likeness (QED) is 0.873.